The number of pyridine rings is 1. The van der Waals surface area contributed by atoms with Crippen molar-refractivity contribution in [3.05, 3.63) is 24.0 Å². The summed E-state index contributed by atoms with van der Waals surface area (Å²) in [7, 11) is -2.94. The summed E-state index contributed by atoms with van der Waals surface area (Å²) >= 11 is 0. The van der Waals surface area contributed by atoms with Crippen LogP contribution in [0.25, 0.3) is 0 Å². The van der Waals surface area contributed by atoms with Gasteiger partial charge < -0.3 is 10.2 Å². The zero-order chi connectivity index (χ0) is 16.9. The number of unbranched alkanes of at least 4 members (excludes halogenated alkanes) is 1. The van der Waals surface area contributed by atoms with E-state index in [1.165, 1.54) is 0 Å². The summed E-state index contributed by atoms with van der Waals surface area (Å²) in [5, 5.41) is 2.85. The molecule has 0 spiro atoms. The Balaban J connectivity index is 2.12. The smallest absolute Gasteiger partial charge is 0.269 e. The highest BCUT2D eigenvalue weighted by Crippen LogP contribution is 2.24. The van der Waals surface area contributed by atoms with E-state index in [9.17, 15) is 13.2 Å². The van der Waals surface area contributed by atoms with Crippen LogP contribution in [-0.4, -0.2) is 49.9 Å². The van der Waals surface area contributed by atoms with Crippen LogP contribution in [0.1, 0.15) is 43.6 Å². The van der Waals surface area contributed by atoms with Gasteiger partial charge in [-0.2, -0.15) is 0 Å². The van der Waals surface area contributed by atoms with Gasteiger partial charge in [0.05, 0.1) is 11.5 Å². The third-order valence-electron chi connectivity index (χ3n) is 4.11. The molecule has 6 nitrogen and oxygen atoms in total. The van der Waals surface area contributed by atoms with Crippen molar-refractivity contribution in [2.75, 3.05) is 29.5 Å². The first-order valence-electron chi connectivity index (χ1n) is 8.18. The lowest BCUT2D eigenvalue weighted by Crippen LogP contribution is -2.36. The molecule has 2 heterocycles. The van der Waals surface area contributed by atoms with Crippen LogP contribution in [-0.2, 0) is 9.84 Å². The van der Waals surface area contributed by atoms with Crippen LogP contribution in [0.15, 0.2) is 18.3 Å². The number of sulfone groups is 1. The highest BCUT2D eigenvalue weighted by molar-refractivity contribution is 7.91. The Kier molecular flexibility index (Phi) is 5.98. The van der Waals surface area contributed by atoms with Crippen LogP contribution < -0.4 is 10.2 Å². The number of aromatic nitrogens is 1. The summed E-state index contributed by atoms with van der Waals surface area (Å²) in [6.45, 7) is 5.40. The van der Waals surface area contributed by atoms with Crippen molar-refractivity contribution in [3.8, 4) is 0 Å². The maximum Gasteiger partial charge on any atom is 0.269 e. The molecule has 23 heavy (non-hydrogen) atoms. The SMILES string of the molecule is CCCCNC(=O)c1cc(N(CC)C2CCS(=O)(=O)C2)ccn1. The molecule has 7 heteroatoms. The zero-order valence-corrected chi connectivity index (χ0v) is 14.6. The third kappa shape index (κ3) is 4.67. The molecule has 1 N–H and O–H groups in total. The fourth-order valence-corrected chi connectivity index (χ4v) is 4.59. The second-order valence-corrected chi connectivity index (χ2v) is 8.08. The molecule has 1 amide bonds. The molecule has 0 aliphatic carbocycles. The molecule has 1 aliphatic rings. The molecule has 0 saturated carbocycles. The van der Waals surface area contributed by atoms with Gasteiger partial charge in [-0.15, -0.1) is 0 Å². The van der Waals surface area contributed by atoms with E-state index in [0.717, 1.165) is 18.5 Å². The molecule has 1 unspecified atom stereocenters. The lowest BCUT2D eigenvalue weighted by Gasteiger charge is -2.29. The number of nitrogens with zero attached hydrogens (tertiary/aromatic N) is 2. The van der Waals surface area contributed by atoms with E-state index in [2.05, 4.69) is 22.1 Å². The molecule has 1 aliphatic heterocycles. The van der Waals surface area contributed by atoms with Crippen LogP contribution in [0, 0.1) is 0 Å². The van der Waals surface area contributed by atoms with Crippen LogP contribution >= 0.6 is 0 Å². The minimum atomic E-state index is -2.94. The molecule has 1 atom stereocenters. The number of hydrogen-bond acceptors (Lipinski definition) is 5. The number of amides is 1. The third-order valence-corrected chi connectivity index (χ3v) is 5.86. The van der Waals surface area contributed by atoms with Gasteiger partial charge in [0.1, 0.15) is 5.69 Å². The first-order valence-corrected chi connectivity index (χ1v) is 10.00. The topological polar surface area (TPSA) is 79.4 Å². The Morgan fingerprint density at radius 3 is 2.83 bits per heavy atom. The Morgan fingerprint density at radius 2 is 2.22 bits per heavy atom. The molecular formula is C16H25N3O3S. The minimum Gasteiger partial charge on any atom is -0.368 e. The fraction of sp³-hybridized carbons (Fsp3) is 0.625. The van der Waals surface area contributed by atoms with Crippen molar-refractivity contribution in [2.45, 2.75) is 39.2 Å². The van der Waals surface area contributed by atoms with Crippen molar-refractivity contribution in [1.82, 2.24) is 10.3 Å². The van der Waals surface area contributed by atoms with E-state index in [0.29, 0.717) is 25.2 Å². The monoisotopic (exact) mass is 339 g/mol. The van der Waals surface area contributed by atoms with E-state index in [-0.39, 0.29) is 23.5 Å². The molecule has 0 radical (unpaired) electrons. The van der Waals surface area contributed by atoms with Gasteiger partial charge in [-0.25, -0.2) is 8.42 Å². The number of carbonyl (C=O) groups is 1. The summed E-state index contributed by atoms with van der Waals surface area (Å²) in [5.41, 5.74) is 1.23. The van der Waals surface area contributed by atoms with Crippen molar-refractivity contribution in [2.24, 2.45) is 0 Å². The van der Waals surface area contributed by atoms with E-state index < -0.39 is 9.84 Å². The van der Waals surface area contributed by atoms with Crippen LogP contribution in [0.2, 0.25) is 0 Å². The number of rotatable bonds is 7. The van der Waals surface area contributed by atoms with Gasteiger partial charge in [0.2, 0.25) is 0 Å². The summed E-state index contributed by atoms with van der Waals surface area (Å²) in [4.78, 5) is 18.3. The fourth-order valence-electron chi connectivity index (χ4n) is 2.86. The van der Waals surface area contributed by atoms with Gasteiger partial charge in [-0.05, 0) is 31.9 Å². The Labute approximate surface area is 138 Å². The van der Waals surface area contributed by atoms with Gasteiger partial charge in [-0.1, -0.05) is 13.3 Å². The first-order chi connectivity index (χ1) is 11.0. The summed E-state index contributed by atoms with van der Waals surface area (Å²) < 4.78 is 23.4. The lowest BCUT2D eigenvalue weighted by molar-refractivity contribution is 0.0948. The Morgan fingerprint density at radius 1 is 1.43 bits per heavy atom. The van der Waals surface area contributed by atoms with Gasteiger partial charge >= 0.3 is 0 Å². The molecule has 1 aromatic heterocycles. The van der Waals surface area contributed by atoms with Gasteiger partial charge in [0.25, 0.3) is 5.91 Å². The molecule has 0 bridgehead atoms. The average Bonchev–Trinajstić information content (AvgIpc) is 2.88. The second-order valence-electron chi connectivity index (χ2n) is 5.85. The first kappa shape index (κ1) is 17.7. The molecule has 1 aromatic rings. The van der Waals surface area contributed by atoms with Crippen LogP contribution in [0.4, 0.5) is 5.69 Å². The molecule has 0 aromatic carbocycles. The standard InChI is InChI=1S/C16H25N3O3S/c1-3-5-8-18-16(20)15-11-13(6-9-17-15)19(4-2)14-7-10-23(21,22)12-14/h6,9,11,14H,3-5,7-8,10,12H2,1-2H3,(H,18,20). The van der Waals surface area contributed by atoms with Crippen LogP contribution in [0.5, 0.6) is 0 Å². The van der Waals surface area contributed by atoms with E-state index >= 15 is 0 Å². The highest BCUT2D eigenvalue weighted by Gasteiger charge is 2.32. The lowest BCUT2D eigenvalue weighted by atomic mass is 10.2. The van der Waals surface area contributed by atoms with Crippen molar-refractivity contribution in [1.29, 1.82) is 0 Å². The van der Waals surface area contributed by atoms with Crippen molar-refractivity contribution in [3.63, 3.8) is 0 Å². The quantitative estimate of drug-likeness (QED) is 0.764. The summed E-state index contributed by atoms with van der Waals surface area (Å²) in [5.74, 6) is 0.237. The van der Waals surface area contributed by atoms with E-state index in [1.54, 1.807) is 12.3 Å². The number of carbonyl (C=O) groups excluding carboxylic acids is 1. The van der Waals surface area contributed by atoms with Crippen molar-refractivity contribution >= 4 is 21.4 Å². The van der Waals surface area contributed by atoms with E-state index in [1.807, 2.05) is 13.0 Å². The van der Waals surface area contributed by atoms with Crippen molar-refractivity contribution < 1.29 is 13.2 Å². The number of hydrogen-bond donors (Lipinski definition) is 1. The molecule has 2 rings (SSSR count). The Bertz CT molecular complexity index is 646. The van der Waals surface area contributed by atoms with Gasteiger partial charge in [0, 0.05) is 31.0 Å². The largest absolute Gasteiger partial charge is 0.368 e. The van der Waals surface area contributed by atoms with E-state index in [4.69, 9.17) is 0 Å². The molecule has 128 valence electrons. The Hall–Kier alpha value is -1.63. The highest BCUT2D eigenvalue weighted by atomic mass is 32.2. The molecule has 1 saturated heterocycles. The van der Waals surface area contributed by atoms with Gasteiger partial charge in [-0.3, -0.25) is 9.78 Å². The second kappa shape index (κ2) is 7.77. The predicted octanol–water partition coefficient (Wildman–Crippen LogP) is 1.62. The summed E-state index contributed by atoms with van der Waals surface area (Å²) in [6.07, 6.45) is 4.20. The zero-order valence-electron chi connectivity index (χ0n) is 13.8. The molecule has 1 fully saturated rings. The van der Waals surface area contributed by atoms with Gasteiger partial charge in [0.15, 0.2) is 9.84 Å². The summed E-state index contributed by atoms with van der Waals surface area (Å²) in [6, 6.07) is 3.55. The minimum absolute atomic E-state index is 0.0246. The maximum absolute atomic E-state index is 12.1. The predicted molar refractivity (Wildman–Crippen MR) is 91.6 cm³/mol. The van der Waals surface area contributed by atoms with Crippen LogP contribution in [0.3, 0.4) is 0 Å². The normalized spacial score (nSPS) is 19.5. The number of anilines is 1. The maximum atomic E-state index is 12.1. The number of nitrogens with one attached hydrogen (secondary N) is 1. The molecular weight excluding hydrogens is 314 g/mol. The average molecular weight is 339 g/mol.